The number of carbonyl (C=O) groups excluding carboxylic acids is 1. The number of nitrogens with zero attached hydrogens (tertiary/aromatic N) is 3. The number of aromatic amines is 1. The summed E-state index contributed by atoms with van der Waals surface area (Å²) in [5.41, 5.74) is 0. The Labute approximate surface area is 103 Å². The van der Waals surface area contributed by atoms with Crippen molar-refractivity contribution in [2.45, 2.75) is 19.0 Å². The average Bonchev–Trinajstić information content (AvgIpc) is 2.80. The van der Waals surface area contributed by atoms with Gasteiger partial charge in [0.15, 0.2) is 0 Å². The van der Waals surface area contributed by atoms with Crippen LogP contribution in [0.5, 0.6) is 0 Å². The second kappa shape index (κ2) is 6.24. The lowest BCUT2D eigenvalue weighted by Crippen LogP contribution is -2.46. The predicted octanol–water partition coefficient (Wildman–Crippen LogP) is -0.577. The van der Waals surface area contributed by atoms with Crippen LogP contribution in [-0.2, 0) is 11.3 Å². The molecular weight excluding hydrogens is 238 g/mol. The van der Waals surface area contributed by atoms with Gasteiger partial charge in [0, 0.05) is 13.5 Å². The molecule has 1 atom stereocenters. The molecule has 0 bridgehead atoms. The molecule has 1 heterocycles. The SMILES string of the molecule is C#CCC(NC(=O)N(C)Cc1ncn[nH]1)C(=O)O. The van der Waals surface area contributed by atoms with Crippen molar-refractivity contribution in [3.8, 4) is 12.3 Å². The molecule has 8 nitrogen and oxygen atoms in total. The minimum atomic E-state index is -1.17. The highest BCUT2D eigenvalue weighted by molar-refractivity contribution is 5.82. The van der Waals surface area contributed by atoms with Crippen molar-refractivity contribution in [3.05, 3.63) is 12.2 Å². The number of aliphatic carboxylic acids is 1. The fourth-order valence-electron chi connectivity index (χ4n) is 1.18. The van der Waals surface area contributed by atoms with Crippen LogP contribution < -0.4 is 5.32 Å². The van der Waals surface area contributed by atoms with Gasteiger partial charge in [-0.05, 0) is 0 Å². The number of urea groups is 1. The molecule has 0 spiro atoms. The van der Waals surface area contributed by atoms with Crippen molar-refractivity contribution in [3.63, 3.8) is 0 Å². The summed E-state index contributed by atoms with van der Waals surface area (Å²) < 4.78 is 0. The molecule has 3 N–H and O–H groups in total. The summed E-state index contributed by atoms with van der Waals surface area (Å²) in [5.74, 6) is 1.52. The van der Waals surface area contributed by atoms with E-state index in [-0.39, 0.29) is 13.0 Å². The third-order valence-electron chi connectivity index (χ3n) is 2.12. The number of rotatable bonds is 5. The first-order valence-corrected chi connectivity index (χ1v) is 5.06. The fraction of sp³-hybridized carbons (Fsp3) is 0.400. The minimum Gasteiger partial charge on any atom is -0.480 e. The molecule has 1 aromatic heterocycles. The molecule has 1 rings (SSSR count). The van der Waals surface area contributed by atoms with Gasteiger partial charge in [0.25, 0.3) is 0 Å². The number of hydrogen-bond donors (Lipinski definition) is 3. The van der Waals surface area contributed by atoms with Crippen LogP contribution >= 0.6 is 0 Å². The van der Waals surface area contributed by atoms with Gasteiger partial charge in [-0.1, -0.05) is 0 Å². The first-order chi connectivity index (χ1) is 8.54. The molecule has 18 heavy (non-hydrogen) atoms. The van der Waals surface area contributed by atoms with Crippen molar-refractivity contribution in [1.82, 2.24) is 25.4 Å². The van der Waals surface area contributed by atoms with E-state index < -0.39 is 18.0 Å². The lowest BCUT2D eigenvalue weighted by molar-refractivity contribution is -0.139. The average molecular weight is 251 g/mol. The number of carboxylic acid groups (broad SMARTS) is 1. The van der Waals surface area contributed by atoms with Gasteiger partial charge in [-0.2, -0.15) is 5.10 Å². The van der Waals surface area contributed by atoms with E-state index in [1.165, 1.54) is 18.3 Å². The highest BCUT2D eigenvalue weighted by Gasteiger charge is 2.21. The number of nitrogens with one attached hydrogen (secondary N) is 2. The lowest BCUT2D eigenvalue weighted by atomic mass is 10.2. The normalized spacial score (nSPS) is 11.3. The molecule has 0 aliphatic rings. The fourth-order valence-corrected chi connectivity index (χ4v) is 1.18. The van der Waals surface area contributed by atoms with Gasteiger partial charge in [0.2, 0.25) is 0 Å². The number of aromatic nitrogens is 3. The van der Waals surface area contributed by atoms with Crippen LogP contribution in [0.1, 0.15) is 12.2 Å². The van der Waals surface area contributed by atoms with E-state index >= 15 is 0 Å². The monoisotopic (exact) mass is 251 g/mol. The zero-order valence-electron chi connectivity index (χ0n) is 9.75. The summed E-state index contributed by atoms with van der Waals surface area (Å²) in [4.78, 5) is 27.6. The summed E-state index contributed by atoms with van der Waals surface area (Å²) in [6.07, 6.45) is 6.27. The zero-order chi connectivity index (χ0) is 13.5. The van der Waals surface area contributed by atoms with Crippen molar-refractivity contribution >= 4 is 12.0 Å². The van der Waals surface area contributed by atoms with Gasteiger partial charge in [0.05, 0.1) is 6.54 Å². The maximum absolute atomic E-state index is 11.7. The molecule has 0 aliphatic heterocycles. The number of carbonyl (C=O) groups is 2. The largest absolute Gasteiger partial charge is 0.480 e. The van der Waals surface area contributed by atoms with Crippen molar-refractivity contribution in [2.24, 2.45) is 0 Å². The van der Waals surface area contributed by atoms with E-state index in [4.69, 9.17) is 11.5 Å². The summed E-state index contributed by atoms with van der Waals surface area (Å²) >= 11 is 0. The van der Waals surface area contributed by atoms with E-state index in [9.17, 15) is 9.59 Å². The molecule has 0 aliphatic carbocycles. The maximum atomic E-state index is 11.7. The van der Waals surface area contributed by atoms with Gasteiger partial charge in [0.1, 0.15) is 18.2 Å². The first-order valence-electron chi connectivity index (χ1n) is 5.06. The number of terminal acetylenes is 1. The Morgan fingerprint density at radius 3 is 2.94 bits per heavy atom. The Hall–Kier alpha value is -2.56. The Balaban J connectivity index is 2.53. The third-order valence-corrected chi connectivity index (χ3v) is 2.12. The molecule has 0 saturated carbocycles. The van der Waals surface area contributed by atoms with Crippen molar-refractivity contribution in [1.29, 1.82) is 0 Å². The molecule has 0 aromatic carbocycles. The lowest BCUT2D eigenvalue weighted by Gasteiger charge is -2.19. The summed E-state index contributed by atoms with van der Waals surface area (Å²) in [7, 11) is 1.51. The number of H-pyrrole nitrogens is 1. The highest BCUT2D eigenvalue weighted by atomic mass is 16.4. The Morgan fingerprint density at radius 2 is 2.44 bits per heavy atom. The van der Waals surface area contributed by atoms with Crippen molar-refractivity contribution < 1.29 is 14.7 Å². The molecule has 1 unspecified atom stereocenters. The number of amides is 2. The molecular formula is C10H13N5O3. The van der Waals surface area contributed by atoms with Crippen LogP contribution in [0.15, 0.2) is 6.33 Å². The Morgan fingerprint density at radius 1 is 1.72 bits per heavy atom. The molecule has 96 valence electrons. The topological polar surface area (TPSA) is 111 Å². The third kappa shape index (κ3) is 3.79. The van der Waals surface area contributed by atoms with E-state index in [0.29, 0.717) is 5.82 Å². The van der Waals surface area contributed by atoms with Gasteiger partial charge in [-0.25, -0.2) is 14.6 Å². The predicted molar refractivity (Wildman–Crippen MR) is 61.3 cm³/mol. The molecule has 0 fully saturated rings. The van der Waals surface area contributed by atoms with Crippen molar-refractivity contribution in [2.75, 3.05) is 7.05 Å². The Kier molecular flexibility index (Phi) is 4.68. The van der Waals surface area contributed by atoms with Gasteiger partial charge in [-0.3, -0.25) is 5.10 Å². The van der Waals surface area contributed by atoms with Crippen LogP contribution in [0.2, 0.25) is 0 Å². The van der Waals surface area contributed by atoms with Crippen LogP contribution in [0.4, 0.5) is 4.79 Å². The molecule has 2 amide bonds. The molecule has 0 radical (unpaired) electrons. The van der Waals surface area contributed by atoms with Crippen LogP contribution in [0.25, 0.3) is 0 Å². The van der Waals surface area contributed by atoms with E-state index in [0.717, 1.165) is 0 Å². The second-order valence-corrected chi connectivity index (χ2v) is 3.54. The van der Waals surface area contributed by atoms with Crippen LogP contribution in [0, 0.1) is 12.3 Å². The summed E-state index contributed by atoms with van der Waals surface area (Å²) in [5, 5.41) is 17.4. The first kappa shape index (κ1) is 13.5. The number of hydrogen-bond acceptors (Lipinski definition) is 4. The maximum Gasteiger partial charge on any atom is 0.327 e. The molecule has 1 aromatic rings. The summed E-state index contributed by atoms with van der Waals surface area (Å²) in [6, 6.07) is -1.64. The minimum absolute atomic E-state index is 0.0722. The molecule has 8 heteroatoms. The van der Waals surface area contributed by atoms with Crippen LogP contribution in [0.3, 0.4) is 0 Å². The van der Waals surface area contributed by atoms with E-state index in [1.54, 1.807) is 0 Å². The van der Waals surface area contributed by atoms with Crippen LogP contribution in [-0.4, -0.2) is 50.3 Å². The van der Waals surface area contributed by atoms with E-state index in [2.05, 4.69) is 26.4 Å². The van der Waals surface area contributed by atoms with Gasteiger partial charge >= 0.3 is 12.0 Å². The highest BCUT2D eigenvalue weighted by Crippen LogP contribution is 1.97. The standard InChI is InChI=1S/C10H13N5O3/c1-3-4-7(9(16)17)13-10(18)15(2)5-8-11-6-12-14-8/h1,6-7H,4-5H2,2H3,(H,13,18)(H,16,17)(H,11,12,14). The quantitative estimate of drug-likeness (QED) is 0.606. The number of carboxylic acids is 1. The zero-order valence-corrected chi connectivity index (χ0v) is 9.75. The van der Waals surface area contributed by atoms with E-state index in [1.807, 2.05) is 0 Å². The van der Waals surface area contributed by atoms with Gasteiger partial charge in [-0.15, -0.1) is 12.3 Å². The Bertz CT molecular complexity index is 451. The smallest absolute Gasteiger partial charge is 0.327 e. The van der Waals surface area contributed by atoms with Gasteiger partial charge < -0.3 is 15.3 Å². The summed E-state index contributed by atoms with van der Waals surface area (Å²) in [6.45, 7) is 0.189. The molecule has 0 saturated heterocycles. The second-order valence-electron chi connectivity index (χ2n) is 3.54.